The fourth-order valence-electron chi connectivity index (χ4n) is 1.89. The molecular formula is C14H11N5S. The van der Waals surface area contributed by atoms with Gasteiger partial charge in [0.2, 0.25) is 5.11 Å². The van der Waals surface area contributed by atoms with Crippen LogP contribution in [0, 0.1) is 6.92 Å². The SMILES string of the molecule is Cc1cccc2n[nH]nc12.S=C1N=c2ccccc2=N1. The van der Waals surface area contributed by atoms with Gasteiger partial charge in [0.25, 0.3) is 0 Å². The molecule has 2 heterocycles. The Labute approximate surface area is 120 Å². The summed E-state index contributed by atoms with van der Waals surface area (Å²) in [6.07, 6.45) is 0. The van der Waals surface area contributed by atoms with E-state index in [-0.39, 0.29) is 0 Å². The van der Waals surface area contributed by atoms with E-state index in [0.717, 1.165) is 27.3 Å². The first kappa shape index (κ1) is 12.6. The average molecular weight is 281 g/mol. The van der Waals surface area contributed by atoms with Crippen molar-refractivity contribution < 1.29 is 0 Å². The average Bonchev–Trinajstić information content (AvgIpc) is 3.04. The number of aromatic amines is 1. The summed E-state index contributed by atoms with van der Waals surface area (Å²) in [6.45, 7) is 2.02. The van der Waals surface area contributed by atoms with Gasteiger partial charge >= 0.3 is 0 Å². The van der Waals surface area contributed by atoms with Crippen molar-refractivity contribution in [2.75, 3.05) is 0 Å². The second-order valence-corrected chi connectivity index (χ2v) is 4.63. The van der Waals surface area contributed by atoms with Crippen molar-refractivity contribution in [3.05, 3.63) is 58.7 Å². The van der Waals surface area contributed by atoms with Crippen LogP contribution >= 0.6 is 12.2 Å². The fraction of sp³-hybridized carbons (Fsp3) is 0.0714. The van der Waals surface area contributed by atoms with E-state index in [4.69, 9.17) is 12.2 Å². The Kier molecular flexibility index (Phi) is 3.30. The highest BCUT2D eigenvalue weighted by atomic mass is 32.1. The first-order valence-electron chi connectivity index (χ1n) is 6.06. The van der Waals surface area contributed by atoms with Gasteiger partial charge in [-0.25, -0.2) is 9.98 Å². The molecule has 0 saturated carbocycles. The van der Waals surface area contributed by atoms with Crippen LogP contribution in [-0.4, -0.2) is 20.5 Å². The first-order valence-corrected chi connectivity index (χ1v) is 6.47. The lowest BCUT2D eigenvalue weighted by molar-refractivity contribution is 0.958. The molecule has 0 aliphatic carbocycles. The molecule has 0 saturated heterocycles. The predicted octanol–water partition coefficient (Wildman–Crippen LogP) is 1.49. The summed E-state index contributed by atoms with van der Waals surface area (Å²) in [4.78, 5) is 8.03. The Balaban J connectivity index is 0.000000121. The summed E-state index contributed by atoms with van der Waals surface area (Å²) >= 11 is 4.79. The summed E-state index contributed by atoms with van der Waals surface area (Å²) in [5.74, 6) is 0. The van der Waals surface area contributed by atoms with E-state index in [2.05, 4.69) is 25.4 Å². The number of para-hydroxylation sites is 3. The summed E-state index contributed by atoms with van der Waals surface area (Å²) in [7, 11) is 0. The number of hydrogen-bond acceptors (Lipinski definition) is 3. The summed E-state index contributed by atoms with van der Waals surface area (Å²) in [5, 5.41) is 12.7. The number of benzene rings is 2. The highest BCUT2D eigenvalue weighted by Crippen LogP contribution is 2.10. The monoisotopic (exact) mass is 281 g/mol. The van der Waals surface area contributed by atoms with E-state index in [1.165, 1.54) is 0 Å². The van der Waals surface area contributed by atoms with Gasteiger partial charge in [-0.3, -0.25) is 0 Å². The molecule has 0 atom stereocenters. The molecule has 0 spiro atoms. The van der Waals surface area contributed by atoms with Gasteiger partial charge in [0, 0.05) is 0 Å². The topological polar surface area (TPSA) is 66.3 Å². The fourth-order valence-corrected chi connectivity index (χ4v) is 2.09. The number of H-pyrrole nitrogens is 1. The van der Waals surface area contributed by atoms with Crippen molar-refractivity contribution in [2.24, 2.45) is 9.98 Å². The van der Waals surface area contributed by atoms with Crippen LogP contribution in [0.5, 0.6) is 0 Å². The summed E-state index contributed by atoms with van der Waals surface area (Å²) in [6, 6.07) is 13.6. The number of nitrogens with one attached hydrogen (secondary N) is 1. The molecule has 98 valence electrons. The number of nitrogens with zero attached hydrogens (tertiary/aromatic N) is 4. The molecule has 0 radical (unpaired) electrons. The van der Waals surface area contributed by atoms with Crippen molar-refractivity contribution in [3.8, 4) is 0 Å². The highest BCUT2D eigenvalue weighted by Gasteiger charge is 1.98. The van der Waals surface area contributed by atoms with Crippen LogP contribution in [0.15, 0.2) is 52.4 Å². The van der Waals surface area contributed by atoms with Crippen LogP contribution in [0.1, 0.15) is 5.56 Å². The highest BCUT2D eigenvalue weighted by molar-refractivity contribution is 7.80. The minimum absolute atomic E-state index is 0.432. The molecule has 6 heteroatoms. The van der Waals surface area contributed by atoms with Crippen molar-refractivity contribution in [1.29, 1.82) is 0 Å². The minimum Gasteiger partial charge on any atom is -0.217 e. The Morgan fingerprint density at radius 2 is 1.60 bits per heavy atom. The molecule has 0 fully saturated rings. The molecule has 1 aliphatic heterocycles. The molecule has 0 unspecified atom stereocenters. The Hall–Kier alpha value is -2.47. The zero-order valence-electron chi connectivity index (χ0n) is 10.7. The maximum atomic E-state index is 4.79. The third-order valence-corrected chi connectivity index (χ3v) is 3.05. The van der Waals surface area contributed by atoms with Crippen LogP contribution in [0.4, 0.5) is 0 Å². The van der Waals surface area contributed by atoms with Gasteiger partial charge in [0.05, 0.1) is 10.7 Å². The van der Waals surface area contributed by atoms with E-state index in [9.17, 15) is 0 Å². The van der Waals surface area contributed by atoms with Crippen LogP contribution < -0.4 is 10.7 Å². The lowest BCUT2D eigenvalue weighted by Crippen LogP contribution is -2.19. The largest absolute Gasteiger partial charge is 0.220 e. The molecule has 0 bridgehead atoms. The quantitative estimate of drug-likeness (QED) is 0.635. The first-order chi connectivity index (χ1) is 9.74. The molecule has 1 aliphatic rings. The number of thiocarbonyl (C=S) groups is 1. The molecule has 4 rings (SSSR count). The van der Waals surface area contributed by atoms with Crippen LogP contribution in [0.3, 0.4) is 0 Å². The lowest BCUT2D eigenvalue weighted by Gasteiger charge is -1.88. The summed E-state index contributed by atoms with van der Waals surface area (Å²) < 4.78 is 0. The van der Waals surface area contributed by atoms with Crippen molar-refractivity contribution in [2.45, 2.75) is 6.92 Å². The van der Waals surface area contributed by atoms with E-state index in [1.807, 2.05) is 49.4 Å². The molecule has 1 N–H and O–H groups in total. The van der Waals surface area contributed by atoms with E-state index < -0.39 is 0 Å². The number of aromatic nitrogens is 3. The second kappa shape index (κ2) is 5.26. The van der Waals surface area contributed by atoms with Gasteiger partial charge < -0.3 is 0 Å². The van der Waals surface area contributed by atoms with Crippen LogP contribution in [-0.2, 0) is 0 Å². The standard InChI is InChI=1S/C7H7N3.C7H4N2S/c1-5-3-2-4-6-7(5)9-10-8-6;10-7-8-5-3-1-2-4-6(5)9-7/h2-4H,1H3,(H,8,9,10);1-4H. The third-order valence-electron chi connectivity index (χ3n) is 2.86. The smallest absolute Gasteiger partial charge is 0.217 e. The summed E-state index contributed by atoms with van der Waals surface area (Å²) in [5.41, 5.74) is 3.05. The van der Waals surface area contributed by atoms with Gasteiger partial charge in [-0.1, -0.05) is 24.3 Å². The molecule has 1 aromatic heterocycles. The van der Waals surface area contributed by atoms with E-state index in [0.29, 0.717) is 5.11 Å². The molecule has 20 heavy (non-hydrogen) atoms. The number of hydrogen-bond donors (Lipinski definition) is 1. The maximum absolute atomic E-state index is 4.79. The predicted molar refractivity (Wildman–Crippen MR) is 80.0 cm³/mol. The Morgan fingerprint density at radius 3 is 2.25 bits per heavy atom. The van der Waals surface area contributed by atoms with Crippen LogP contribution in [0.2, 0.25) is 0 Å². The number of aryl methyl sites for hydroxylation is 1. The Bertz CT molecular complexity index is 860. The van der Waals surface area contributed by atoms with Crippen molar-refractivity contribution in [1.82, 2.24) is 15.4 Å². The molecular weight excluding hydrogens is 270 g/mol. The maximum Gasteiger partial charge on any atom is 0.220 e. The minimum atomic E-state index is 0.432. The lowest BCUT2D eigenvalue weighted by atomic mass is 10.2. The van der Waals surface area contributed by atoms with Gasteiger partial charge in [-0.05, 0) is 42.9 Å². The molecule has 2 aromatic carbocycles. The zero-order chi connectivity index (χ0) is 13.9. The van der Waals surface area contributed by atoms with Gasteiger partial charge in [-0.2, -0.15) is 15.4 Å². The molecule has 5 nitrogen and oxygen atoms in total. The van der Waals surface area contributed by atoms with Crippen molar-refractivity contribution >= 4 is 28.4 Å². The second-order valence-electron chi connectivity index (χ2n) is 4.26. The van der Waals surface area contributed by atoms with E-state index in [1.54, 1.807) is 0 Å². The third kappa shape index (κ3) is 2.46. The normalized spacial score (nSPS) is 12.2. The molecule has 3 aromatic rings. The van der Waals surface area contributed by atoms with Crippen LogP contribution in [0.25, 0.3) is 11.0 Å². The zero-order valence-corrected chi connectivity index (χ0v) is 11.6. The Morgan fingerprint density at radius 1 is 0.900 bits per heavy atom. The number of fused-ring (bicyclic) bond motifs is 2. The van der Waals surface area contributed by atoms with E-state index >= 15 is 0 Å². The van der Waals surface area contributed by atoms with Gasteiger partial charge in [-0.15, -0.1) is 0 Å². The van der Waals surface area contributed by atoms with Crippen molar-refractivity contribution in [3.63, 3.8) is 0 Å². The molecule has 0 amide bonds. The van der Waals surface area contributed by atoms with Gasteiger partial charge in [0.15, 0.2) is 0 Å². The van der Waals surface area contributed by atoms with Gasteiger partial charge in [0.1, 0.15) is 11.0 Å². The number of rotatable bonds is 0.